The summed E-state index contributed by atoms with van der Waals surface area (Å²) in [6, 6.07) is 11.5. The molecule has 0 aliphatic rings. The van der Waals surface area contributed by atoms with Crippen LogP contribution >= 0.6 is 0 Å². The van der Waals surface area contributed by atoms with Gasteiger partial charge in [0.1, 0.15) is 17.4 Å². The molecule has 1 aromatic heterocycles. The highest BCUT2D eigenvalue weighted by molar-refractivity contribution is 6.03. The van der Waals surface area contributed by atoms with Crippen LogP contribution in [0.25, 0.3) is 5.69 Å². The second kappa shape index (κ2) is 6.49. The van der Waals surface area contributed by atoms with Crippen LogP contribution in [0.3, 0.4) is 0 Å². The second-order valence-electron chi connectivity index (χ2n) is 4.92. The first-order chi connectivity index (χ1) is 11.6. The van der Waals surface area contributed by atoms with Crippen LogP contribution in [-0.2, 0) is 0 Å². The summed E-state index contributed by atoms with van der Waals surface area (Å²) in [5.41, 5.74) is 0.514. The van der Waals surface area contributed by atoms with Crippen LogP contribution in [0.2, 0.25) is 0 Å². The van der Waals surface area contributed by atoms with Crippen LogP contribution in [0.5, 0.6) is 5.75 Å². The maximum Gasteiger partial charge on any atom is 0.259 e. The third kappa shape index (κ3) is 3.24. The van der Waals surface area contributed by atoms with Crippen molar-refractivity contribution in [1.82, 2.24) is 9.78 Å². The number of hydrogen-bond donors (Lipinski definition) is 1. The van der Waals surface area contributed by atoms with Crippen LogP contribution in [0.15, 0.2) is 54.7 Å². The smallest absolute Gasteiger partial charge is 0.259 e. The summed E-state index contributed by atoms with van der Waals surface area (Å²) in [5.74, 6) is -1.41. The Morgan fingerprint density at radius 1 is 1.12 bits per heavy atom. The highest BCUT2D eigenvalue weighted by Crippen LogP contribution is 2.16. The van der Waals surface area contributed by atoms with Crippen molar-refractivity contribution < 1.29 is 18.3 Å². The summed E-state index contributed by atoms with van der Waals surface area (Å²) >= 11 is 0. The Kier molecular flexibility index (Phi) is 4.24. The molecule has 0 aliphatic carbocycles. The predicted octanol–water partition coefficient (Wildman–Crippen LogP) is 3.41. The van der Waals surface area contributed by atoms with Gasteiger partial charge in [-0.25, -0.2) is 13.5 Å². The zero-order valence-corrected chi connectivity index (χ0v) is 12.7. The van der Waals surface area contributed by atoms with Gasteiger partial charge in [-0.05, 0) is 36.4 Å². The van der Waals surface area contributed by atoms with E-state index in [0.29, 0.717) is 11.8 Å². The predicted molar refractivity (Wildman–Crippen MR) is 84.4 cm³/mol. The molecule has 0 unspecified atom stereocenters. The van der Waals surface area contributed by atoms with Gasteiger partial charge in [0.2, 0.25) is 0 Å². The van der Waals surface area contributed by atoms with E-state index in [9.17, 15) is 13.6 Å². The van der Waals surface area contributed by atoms with E-state index in [1.807, 2.05) is 0 Å². The number of benzene rings is 2. The number of anilines is 1. The van der Waals surface area contributed by atoms with Crippen LogP contribution in [0.4, 0.5) is 14.6 Å². The summed E-state index contributed by atoms with van der Waals surface area (Å²) in [6.45, 7) is 0. The third-order valence-electron chi connectivity index (χ3n) is 3.34. The first-order valence-electron chi connectivity index (χ1n) is 7.03. The zero-order chi connectivity index (χ0) is 17.1. The SMILES string of the molecule is COc1ccc(-n2ccc(NC(=O)c3ccc(F)cc3F)n2)cc1. The zero-order valence-electron chi connectivity index (χ0n) is 12.7. The summed E-state index contributed by atoms with van der Waals surface area (Å²) in [6.07, 6.45) is 1.65. The molecule has 3 aromatic rings. The molecule has 3 rings (SSSR count). The topological polar surface area (TPSA) is 56.1 Å². The number of hydrogen-bond acceptors (Lipinski definition) is 3. The molecule has 1 amide bonds. The Morgan fingerprint density at radius 2 is 1.88 bits per heavy atom. The fourth-order valence-electron chi connectivity index (χ4n) is 2.13. The molecule has 0 spiro atoms. The molecule has 1 N–H and O–H groups in total. The Bertz CT molecular complexity index is 876. The Morgan fingerprint density at radius 3 is 2.54 bits per heavy atom. The van der Waals surface area contributed by atoms with E-state index in [2.05, 4.69) is 10.4 Å². The van der Waals surface area contributed by atoms with E-state index in [4.69, 9.17) is 4.74 Å². The number of amides is 1. The van der Waals surface area contributed by atoms with Crippen LogP contribution < -0.4 is 10.1 Å². The summed E-state index contributed by atoms with van der Waals surface area (Å²) in [5, 5.41) is 6.67. The number of halogens is 2. The van der Waals surface area contributed by atoms with E-state index in [1.165, 1.54) is 0 Å². The average molecular weight is 329 g/mol. The van der Waals surface area contributed by atoms with Gasteiger partial charge in [0.15, 0.2) is 5.82 Å². The minimum Gasteiger partial charge on any atom is -0.497 e. The fourth-order valence-corrected chi connectivity index (χ4v) is 2.13. The van der Waals surface area contributed by atoms with E-state index in [-0.39, 0.29) is 11.4 Å². The lowest BCUT2D eigenvalue weighted by molar-refractivity contribution is 0.102. The van der Waals surface area contributed by atoms with E-state index < -0.39 is 17.5 Å². The molecule has 0 atom stereocenters. The van der Waals surface area contributed by atoms with Crippen molar-refractivity contribution in [2.75, 3.05) is 12.4 Å². The molecule has 0 aliphatic heterocycles. The van der Waals surface area contributed by atoms with Crippen LogP contribution in [-0.4, -0.2) is 22.8 Å². The van der Waals surface area contributed by atoms with Crippen molar-refractivity contribution in [1.29, 1.82) is 0 Å². The maximum absolute atomic E-state index is 13.6. The Hall–Kier alpha value is -3.22. The number of ether oxygens (including phenoxy) is 1. The molecule has 5 nitrogen and oxygen atoms in total. The molecule has 24 heavy (non-hydrogen) atoms. The lowest BCUT2D eigenvalue weighted by atomic mass is 10.2. The monoisotopic (exact) mass is 329 g/mol. The number of carbonyl (C=O) groups excluding carboxylic acids is 1. The third-order valence-corrected chi connectivity index (χ3v) is 3.34. The highest BCUT2D eigenvalue weighted by atomic mass is 19.1. The Balaban J connectivity index is 1.76. The van der Waals surface area contributed by atoms with Gasteiger partial charge in [-0.2, -0.15) is 5.10 Å². The van der Waals surface area contributed by atoms with Crippen LogP contribution in [0, 0.1) is 11.6 Å². The first kappa shape index (κ1) is 15.7. The number of aromatic nitrogens is 2. The van der Waals surface area contributed by atoms with Crippen molar-refractivity contribution in [2.24, 2.45) is 0 Å². The number of nitrogens with one attached hydrogen (secondary N) is 1. The minimum atomic E-state index is -0.929. The molecule has 0 saturated carbocycles. The molecule has 1 heterocycles. The van der Waals surface area contributed by atoms with Crippen molar-refractivity contribution in [2.45, 2.75) is 0 Å². The largest absolute Gasteiger partial charge is 0.497 e. The molecule has 0 radical (unpaired) electrons. The van der Waals surface area contributed by atoms with Gasteiger partial charge >= 0.3 is 0 Å². The quantitative estimate of drug-likeness (QED) is 0.798. The fraction of sp³-hybridized carbons (Fsp3) is 0.0588. The van der Waals surface area contributed by atoms with Gasteiger partial charge in [-0.1, -0.05) is 0 Å². The van der Waals surface area contributed by atoms with Gasteiger partial charge < -0.3 is 10.1 Å². The average Bonchev–Trinajstić information content (AvgIpc) is 3.03. The lowest BCUT2D eigenvalue weighted by Crippen LogP contribution is -2.14. The van der Waals surface area contributed by atoms with Crippen molar-refractivity contribution in [3.63, 3.8) is 0 Å². The molecular weight excluding hydrogens is 316 g/mol. The summed E-state index contributed by atoms with van der Waals surface area (Å²) in [7, 11) is 1.57. The van der Waals surface area contributed by atoms with Crippen molar-refractivity contribution in [3.8, 4) is 11.4 Å². The lowest BCUT2D eigenvalue weighted by Gasteiger charge is -2.05. The molecule has 0 fully saturated rings. The molecule has 122 valence electrons. The van der Waals surface area contributed by atoms with E-state index >= 15 is 0 Å². The van der Waals surface area contributed by atoms with E-state index in [1.54, 1.807) is 48.3 Å². The van der Waals surface area contributed by atoms with E-state index in [0.717, 1.165) is 17.8 Å². The summed E-state index contributed by atoms with van der Waals surface area (Å²) in [4.78, 5) is 12.0. The van der Waals surface area contributed by atoms with Gasteiger partial charge in [-0.15, -0.1) is 0 Å². The maximum atomic E-state index is 13.6. The second-order valence-corrected chi connectivity index (χ2v) is 4.92. The first-order valence-corrected chi connectivity index (χ1v) is 7.03. The van der Waals surface area contributed by atoms with Gasteiger partial charge in [0, 0.05) is 18.3 Å². The van der Waals surface area contributed by atoms with Crippen molar-refractivity contribution >= 4 is 11.7 Å². The van der Waals surface area contributed by atoms with Gasteiger partial charge in [0.25, 0.3) is 5.91 Å². The number of methoxy groups -OCH3 is 1. The standard InChI is InChI=1S/C17H13F2N3O2/c1-24-13-5-3-12(4-6-13)22-9-8-16(21-22)20-17(23)14-7-2-11(18)10-15(14)19/h2-10H,1H3,(H,20,21,23). The molecule has 2 aromatic carbocycles. The number of carbonyl (C=O) groups is 1. The van der Waals surface area contributed by atoms with Crippen molar-refractivity contribution in [3.05, 3.63) is 71.9 Å². The molecule has 7 heteroatoms. The Labute approximate surface area is 136 Å². The number of nitrogens with zero attached hydrogens (tertiary/aromatic N) is 2. The molecule has 0 bridgehead atoms. The number of rotatable bonds is 4. The molecular formula is C17H13F2N3O2. The van der Waals surface area contributed by atoms with Crippen LogP contribution in [0.1, 0.15) is 10.4 Å². The normalized spacial score (nSPS) is 10.5. The minimum absolute atomic E-state index is 0.250. The summed E-state index contributed by atoms with van der Waals surface area (Å²) < 4.78 is 33.1. The van der Waals surface area contributed by atoms with Gasteiger partial charge in [0.05, 0.1) is 18.4 Å². The highest BCUT2D eigenvalue weighted by Gasteiger charge is 2.14. The van der Waals surface area contributed by atoms with Gasteiger partial charge in [-0.3, -0.25) is 4.79 Å². The molecule has 0 saturated heterocycles.